The van der Waals surface area contributed by atoms with Gasteiger partial charge in [0.05, 0.1) is 49.5 Å². The van der Waals surface area contributed by atoms with Gasteiger partial charge in [-0.2, -0.15) is 0 Å². The Morgan fingerprint density at radius 3 is 1.84 bits per heavy atom. The van der Waals surface area contributed by atoms with E-state index >= 15 is 0 Å². The molecule has 12 heteroatoms. The predicted octanol–water partition coefficient (Wildman–Crippen LogP) is 6.48. The molecule has 294 valence electrons. The second-order valence-electron chi connectivity index (χ2n) is 16.3. The van der Waals surface area contributed by atoms with Crippen molar-refractivity contribution in [1.82, 2.24) is 29.7 Å². The van der Waals surface area contributed by atoms with Gasteiger partial charge in [0.2, 0.25) is 0 Å². The van der Waals surface area contributed by atoms with Crippen molar-refractivity contribution >= 4 is 17.7 Å². The number of primary amides is 1. The molecule has 4 fully saturated rings. The number of ether oxygens (including phenoxy) is 1. The Balaban J connectivity index is 0.882. The van der Waals surface area contributed by atoms with E-state index in [-0.39, 0.29) is 35.9 Å². The van der Waals surface area contributed by atoms with Gasteiger partial charge in [-0.3, -0.25) is 14.4 Å². The lowest BCUT2D eigenvalue weighted by Crippen LogP contribution is -2.59. The number of imidazole rings is 2. The van der Waals surface area contributed by atoms with Gasteiger partial charge in [0, 0.05) is 38.1 Å². The lowest BCUT2D eigenvalue weighted by Gasteiger charge is -2.42. The minimum absolute atomic E-state index is 0.0164. The number of nitrogens with two attached hydrogens (primary N) is 1. The number of aromatic amines is 2. The summed E-state index contributed by atoms with van der Waals surface area (Å²) in [6.45, 7) is 2.75. The van der Waals surface area contributed by atoms with Crippen LogP contribution >= 0.6 is 0 Å². The number of nitrogens with zero attached hydrogens (tertiary/aromatic N) is 5. The second-order valence-corrected chi connectivity index (χ2v) is 16.3. The summed E-state index contributed by atoms with van der Waals surface area (Å²) in [4.78, 5) is 60.9. The summed E-state index contributed by atoms with van der Waals surface area (Å²) in [5.41, 5.74) is 12.9. The standard InChI is InChI=1S/C45H50N8O4/c1-53(25-7-13-38(53)41(46)54)40(33-9-3-2-4-10-33)45(56)52-24-6-12-37(52)43-48-28-35(50-43)32-21-17-30(18-22-32)29-15-19-31(20-16-29)34-27-47-42(49-34)36-11-5-23-51(36)44(55)39-14-8-26-57-39/h2-4,9-10,15-22,27-28,36-40H,5-8,11-14,23-26H2,1H3,(H3-,46,47,48,49,50,54)/p+1/t36-,37-,38-,39-,40+,53?/m0/s1. The molecule has 1 unspecified atom stereocenters. The van der Waals surface area contributed by atoms with Gasteiger partial charge in [-0.05, 0) is 60.8 Å². The van der Waals surface area contributed by atoms with Crippen molar-refractivity contribution in [2.45, 2.75) is 81.6 Å². The Labute approximate surface area is 333 Å². The average molecular weight is 768 g/mol. The van der Waals surface area contributed by atoms with E-state index in [9.17, 15) is 14.4 Å². The summed E-state index contributed by atoms with van der Waals surface area (Å²) >= 11 is 0. The molecule has 0 spiro atoms. The first kappa shape index (κ1) is 37.0. The molecule has 4 saturated heterocycles. The molecule has 3 aromatic carbocycles. The van der Waals surface area contributed by atoms with Gasteiger partial charge in [0.25, 0.3) is 17.7 Å². The van der Waals surface area contributed by atoms with Crippen molar-refractivity contribution in [2.75, 3.05) is 33.3 Å². The number of nitrogens with one attached hydrogen (secondary N) is 2. The number of carbonyl (C=O) groups excluding carboxylic acids is 3. The number of likely N-dealkylation sites (N-methyl/N-ethyl adjacent to an activating group) is 1. The number of rotatable bonds is 10. The van der Waals surface area contributed by atoms with Crippen LogP contribution in [0.5, 0.6) is 0 Å². The van der Waals surface area contributed by atoms with Gasteiger partial charge in [-0.25, -0.2) is 9.97 Å². The quantitative estimate of drug-likeness (QED) is 0.139. The fourth-order valence-electron chi connectivity index (χ4n) is 9.92. The maximum Gasteiger partial charge on any atom is 0.286 e. The van der Waals surface area contributed by atoms with Crippen molar-refractivity contribution < 1.29 is 23.6 Å². The Bertz CT molecular complexity index is 2230. The number of H-pyrrole nitrogens is 2. The number of quaternary nitrogens is 1. The normalized spacial score (nSPS) is 25.3. The van der Waals surface area contributed by atoms with Crippen LogP contribution in [-0.4, -0.2) is 97.4 Å². The van der Waals surface area contributed by atoms with Gasteiger partial charge in [-0.15, -0.1) is 0 Å². The molecule has 0 radical (unpaired) electrons. The average Bonchev–Trinajstić information content (AvgIpc) is 4.09. The van der Waals surface area contributed by atoms with Crippen molar-refractivity contribution in [3.05, 3.63) is 108 Å². The number of carbonyl (C=O) groups is 3. The van der Waals surface area contributed by atoms with Crippen LogP contribution < -0.4 is 5.73 Å². The van der Waals surface area contributed by atoms with Crippen LogP contribution in [0.4, 0.5) is 0 Å². The smallest absolute Gasteiger partial charge is 0.286 e. The van der Waals surface area contributed by atoms with Crippen LogP contribution in [-0.2, 0) is 19.1 Å². The summed E-state index contributed by atoms with van der Waals surface area (Å²) < 4.78 is 5.98. The highest BCUT2D eigenvalue weighted by molar-refractivity contribution is 5.85. The van der Waals surface area contributed by atoms with Crippen LogP contribution in [0.3, 0.4) is 0 Å². The van der Waals surface area contributed by atoms with E-state index < -0.39 is 12.1 Å². The minimum Gasteiger partial charge on any atom is -0.368 e. The third-order valence-electron chi connectivity index (χ3n) is 12.9. The molecule has 9 rings (SSSR count). The van der Waals surface area contributed by atoms with E-state index in [4.69, 9.17) is 20.4 Å². The van der Waals surface area contributed by atoms with Crippen LogP contribution in [0, 0.1) is 0 Å². The number of likely N-dealkylation sites (tertiary alicyclic amines) is 3. The Kier molecular flexibility index (Phi) is 10.00. The third kappa shape index (κ3) is 6.95. The van der Waals surface area contributed by atoms with Crippen molar-refractivity contribution in [2.24, 2.45) is 5.73 Å². The van der Waals surface area contributed by atoms with E-state index in [1.807, 2.05) is 59.6 Å². The zero-order valence-electron chi connectivity index (χ0n) is 32.5. The minimum atomic E-state index is -0.531. The Morgan fingerprint density at radius 1 is 0.719 bits per heavy atom. The summed E-state index contributed by atoms with van der Waals surface area (Å²) in [6.07, 6.45) is 10.2. The first-order valence-corrected chi connectivity index (χ1v) is 20.5. The Morgan fingerprint density at radius 2 is 1.28 bits per heavy atom. The molecule has 0 bridgehead atoms. The first-order chi connectivity index (χ1) is 27.8. The van der Waals surface area contributed by atoms with Crippen LogP contribution in [0.2, 0.25) is 0 Å². The molecule has 4 aliphatic rings. The zero-order valence-corrected chi connectivity index (χ0v) is 32.5. The molecule has 2 aromatic heterocycles. The molecule has 6 heterocycles. The number of benzene rings is 3. The second kappa shape index (κ2) is 15.4. The number of amides is 3. The Hall–Kier alpha value is -5.59. The number of hydrogen-bond donors (Lipinski definition) is 3. The summed E-state index contributed by atoms with van der Waals surface area (Å²) in [5.74, 6) is 1.36. The largest absolute Gasteiger partial charge is 0.368 e. The monoisotopic (exact) mass is 767 g/mol. The predicted molar refractivity (Wildman–Crippen MR) is 216 cm³/mol. The first-order valence-electron chi connectivity index (χ1n) is 20.5. The SMILES string of the molecule is C[N+]1([C@@H](C(=O)N2CCC[C@H]2c2ncc(-c3ccc(-c4ccc(-c5cnc([C@@H]6CCCN6C(=O)[C@@H]6CCCO6)[nH]5)cc4)cc3)[nH]2)c2ccccc2)CCC[C@H]1C(N)=O. The van der Waals surface area contributed by atoms with Crippen LogP contribution in [0.15, 0.2) is 91.3 Å². The fraction of sp³-hybridized carbons (Fsp3) is 0.400. The molecule has 0 saturated carbocycles. The third-order valence-corrected chi connectivity index (χ3v) is 12.9. The molecule has 3 amide bonds. The molecule has 4 N–H and O–H groups in total. The number of aromatic nitrogens is 4. The highest BCUT2D eigenvalue weighted by Crippen LogP contribution is 2.42. The van der Waals surface area contributed by atoms with Gasteiger partial charge >= 0.3 is 0 Å². The summed E-state index contributed by atoms with van der Waals surface area (Å²) in [5, 5.41) is 0. The molecule has 57 heavy (non-hydrogen) atoms. The molecule has 0 aliphatic carbocycles. The van der Waals surface area contributed by atoms with E-state index in [0.717, 1.165) is 102 Å². The van der Waals surface area contributed by atoms with Gasteiger partial charge in [-0.1, -0.05) is 78.9 Å². The molecule has 5 aromatic rings. The van der Waals surface area contributed by atoms with Crippen molar-refractivity contribution in [3.8, 4) is 33.6 Å². The fourth-order valence-corrected chi connectivity index (χ4v) is 9.92. The lowest BCUT2D eigenvalue weighted by atomic mass is 9.99. The summed E-state index contributed by atoms with van der Waals surface area (Å²) in [7, 11) is 2.02. The van der Waals surface area contributed by atoms with Gasteiger partial charge in [0.15, 0.2) is 12.1 Å². The van der Waals surface area contributed by atoms with Crippen LogP contribution in [0.25, 0.3) is 33.6 Å². The molecule has 4 aliphatic heterocycles. The highest BCUT2D eigenvalue weighted by atomic mass is 16.5. The van der Waals surface area contributed by atoms with E-state index in [0.29, 0.717) is 30.6 Å². The maximum absolute atomic E-state index is 14.7. The topological polar surface area (TPSA) is 150 Å². The molecular formula is C45H51N8O4+. The lowest BCUT2D eigenvalue weighted by molar-refractivity contribution is -0.933. The molecule has 6 atom stereocenters. The van der Waals surface area contributed by atoms with Crippen molar-refractivity contribution in [1.29, 1.82) is 0 Å². The zero-order chi connectivity index (χ0) is 39.1. The highest BCUT2D eigenvalue weighted by Gasteiger charge is 2.53. The maximum atomic E-state index is 14.7. The number of hydrogen-bond acceptors (Lipinski definition) is 6. The summed E-state index contributed by atoms with van der Waals surface area (Å²) in [6, 6.07) is 25.5. The molecule has 12 nitrogen and oxygen atoms in total. The van der Waals surface area contributed by atoms with E-state index in [1.54, 1.807) is 0 Å². The van der Waals surface area contributed by atoms with Gasteiger partial charge < -0.3 is 34.7 Å². The van der Waals surface area contributed by atoms with E-state index in [2.05, 4.69) is 58.5 Å². The van der Waals surface area contributed by atoms with E-state index in [1.165, 1.54) is 0 Å². The van der Waals surface area contributed by atoms with Crippen molar-refractivity contribution in [3.63, 3.8) is 0 Å². The van der Waals surface area contributed by atoms with Crippen LogP contribution in [0.1, 0.15) is 86.7 Å². The molecular weight excluding hydrogens is 717 g/mol. The van der Waals surface area contributed by atoms with Gasteiger partial charge in [0.1, 0.15) is 17.8 Å².